The van der Waals surface area contributed by atoms with E-state index in [0.717, 1.165) is 0 Å². The Hall–Kier alpha value is -1.05. The monoisotopic (exact) mass is 425 g/mol. The Kier molecular flexibility index (Phi) is 3.75. The molecule has 0 spiro atoms. The fourth-order valence-corrected chi connectivity index (χ4v) is 4.39. The highest BCUT2D eigenvalue weighted by molar-refractivity contribution is 9.10. The molecule has 0 aliphatic carbocycles. The van der Waals surface area contributed by atoms with E-state index in [1.165, 1.54) is 4.57 Å². The van der Waals surface area contributed by atoms with Gasteiger partial charge in [0.05, 0.1) is 6.61 Å². The van der Waals surface area contributed by atoms with E-state index in [4.69, 9.17) is 19.5 Å². The summed E-state index contributed by atoms with van der Waals surface area (Å²) in [6, 6.07) is 0. The number of ether oxygens (including phenoxy) is 1. The van der Waals surface area contributed by atoms with Crippen molar-refractivity contribution in [3.05, 3.63) is 10.4 Å². The lowest BCUT2D eigenvalue weighted by Gasteiger charge is -2.28. The molecular weight excluding hydrogens is 413 g/mol. The van der Waals surface area contributed by atoms with E-state index in [1.807, 2.05) is 0 Å². The number of aliphatic imine (C=N–C) groups is 1. The van der Waals surface area contributed by atoms with Crippen molar-refractivity contribution in [1.82, 2.24) is 9.55 Å². The number of aliphatic hydroxyl groups is 2. The summed E-state index contributed by atoms with van der Waals surface area (Å²) < 4.78 is 28.5. The topological polar surface area (TPSA) is 174 Å². The van der Waals surface area contributed by atoms with Gasteiger partial charge in [0.15, 0.2) is 23.1 Å². The van der Waals surface area contributed by atoms with Gasteiger partial charge in [0, 0.05) is 0 Å². The third kappa shape index (κ3) is 2.48. The van der Waals surface area contributed by atoms with Crippen LogP contribution in [0.4, 0.5) is 5.82 Å². The van der Waals surface area contributed by atoms with Crippen molar-refractivity contribution in [2.24, 2.45) is 10.7 Å². The summed E-state index contributed by atoms with van der Waals surface area (Å²) in [7, 11) is -4.22. The molecule has 0 bridgehead atoms. The molecule has 14 heteroatoms. The molecule has 132 valence electrons. The molecule has 0 saturated carbocycles. The van der Waals surface area contributed by atoms with Gasteiger partial charge in [-0.15, -0.1) is 0 Å². The van der Waals surface area contributed by atoms with Crippen molar-refractivity contribution in [3.63, 3.8) is 0 Å². The molecule has 4 rings (SSSR count). The number of aromatic nitrogens is 2. The van der Waals surface area contributed by atoms with Gasteiger partial charge >= 0.3 is 7.82 Å². The third-order valence-corrected chi connectivity index (χ3v) is 5.41. The predicted octanol–water partition coefficient (Wildman–Crippen LogP) is -0.849. The van der Waals surface area contributed by atoms with Crippen LogP contribution in [0.15, 0.2) is 9.73 Å². The number of rotatable bonds is 1. The summed E-state index contributed by atoms with van der Waals surface area (Å²) in [5.74, 6) is 0.241. The Labute approximate surface area is 143 Å². The number of nitrogens with two attached hydrogens (primary N) is 1. The Bertz CT molecular complexity index is 771. The molecule has 3 aliphatic heterocycles. The van der Waals surface area contributed by atoms with Gasteiger partial charge in [0.2, 0.25) is 0 Å². The van der Waals surface area contributed by atoms with Crippen LogP contribution in [-0.4, -0.2) is 55.5 Å². The number of phosphoric acid groups is 1. The second kappa shape index (κ2) is 5.47. The highest BCUT2D eigenvalue weighted by Gasteiger charge is 2.53. The Morgan fingerprint density at radius 1 is 1.46 bits per heavy atom. The van der Waals surface area contributed by atoms with E-state index < -0.39 is 38.6 Å². The third-order valence-electron chi connectivity index (χ3n) is 3.87. The zero-order chi connectivity index (χ0) is 17.2. The van der Waals surface area contributed by atoms with E-state index in [-0.39, 0.29) is 28.8 Å². The lowest BCUT2D eigenvalue weighted by atomic mass is 10.1. The minimum Gasteiger partial charge on any atom is -0.386 e. The van der Waals surface area contributed by atoms with Gasteiger partial charge in [0.25, 0.3) is 0 Å². The van der Waals surface area contributed by atoms with E-state index in [0.29, 0.717) is 0 Å². The highest BCUT2D eigenvalue weighted by atomic mass is 79.9. The molecule has 0 radical (unpaired) electrons. The van der Waals surface area contributed by atoms with Crippen LogP contribution in [0.25, 0.3) is 0 Å². The van der Waals surface area contributed by atoms with Gasteiger partial charge in [-0.1, -0.05) is 0 Å². The van der Waals surface area contributed by atoms with Gasteiger partial charge in [-0.05, 0) is 15.9 Å². The number of halogens is 1. The van der Waals surface area contributed by atoms with Crippen LogP contribution in [0, 0.1) is 0 Å². The quantitative estimate of drug-likeness (QED) is 0.356. The Morgan fingerprint density at radius 3 is 2.96 bits per heavy atom. The van der Waals surface area contributed by atoms with E-state index in [2.05, 4.69) is 31.2 Å². The fourth-order valence-electron chi connectivity index (χ4n) is 2.85. The maximum absolute atomic E-state index is 11.5. The summed E-state index contributed by atoms with van der Waals surface area (Å²) in [5, 5.41) is 23.2. The molecule has 2 fully saturated rings. The normalized spacial score (nSPS) is 41.3. The second-order valence-corrected chi connectivity index (χ2v) is 7.50. The Morgan fingerprint density at radius 2 is 2.21 bits per heavy atom. The van der Waals surface area contributed by atoms with Gasteiger partial charge in [-0.25, -0.2) is 14.5 Å². The number of fused-ring (bicyclic) bond motifs is 2. The van der Waals surface area contributed by atoms with Crippen molar-refractivity contribution in [2.75, 3.05) is 11.9 Å². The number of nitrogens with one attached hydrogen (secondary N) is 1. The average Bonchev–Trinajstić information content (AvgIpc) is 2.96. The van der Waals surface area contributed by atoms with E-state index >= 15 is 0 Å². The first-order valence-electron chi connectivity index (χ1n) is 6.82. The van der Waals surface area contributed by atoms with Gasteiger partial charge in [0.1, 0.15) is 29.8 Å². The van der Waals surface area contributed by atoms with Crippen molar-refractivity contribution >= 4 is 35.5 Å². The molecule has 24 heavy (non-hydrogen) atoms. The second-order valence-electron chi connectivity index (χ2n) is 5.39. The number of imidazole rings is 1. The SMILES string of the molecule is NC1=NC(O)c2nc(Br)n(C3O[C@@H]4COP(=O)(O)O[C@H]4[C@H]3O)c2N1. The minimum atomic E-state index is -4.22. The van der Waals surface area contributed by atoms with Crippen LogP contribution >= 0.6 is 23.8 Å². The summed E-state index contributed by atoms with van der Waals surface area (Å²) in [6.07, 6.45) is -5.37. The van der Waals surface area contributed by atoms with Gasteiger partial charge in [-0.2, -0.15) is 0 Å². The number of hydrogen-bond donors (Lipinski definition) is 5. The van der Waals surface area contributed by atoms with Crippen molar-refractivity contribution in [1.29, 1.82) is 0 Å². The first-order valence-corrected chi connectivity index (χ1v) is 9.11. The summed E-state index contributed by atoms with van der Waals surface area (Å²) in [5.41, 5.74) is 5.80. The first kappa shape index (κ1) is 16.4. The smallest absolute Gasteiger partial charge is 0.386 e. The van der Waals surface area contributed by atoms with Crippen LogP contribution in [0.2, 0.25) is 0 Å². The number of nitrogens with zero attached hydrogens (tertiary/aromatic N) is 3. The van der Waals surface area contributed by atoms with Gasteiger partial charge < -0.3 is 30.9 Å². The average molecular weight is 426 g/mol. The molecule has 0 amide bonds. The largest absolute Gasteiger partial charge is 0.472 e. The number of hydrogen-bond acceptors (Lipinski definition) is 10. The highest BCUT2D eigenvalue weighted by Crippen LogP contribution is 2.53. The molecule has 6 N–H and O–H groups in total. The maximum atomic E-state index is 11.5. The lowest BCUT2D eigenvalue weighted by Crippen LogP contribution is -2.39. The molecule has 3 aliphatic rings. The van der Waals surface area contributed by atoms with Gasteiger partial charge in [-0.3, -0.25) is 13.6 Å². The van der Waals surface area contributed by atoms with Crippen molar-refractivity contribution in [3.8, 4) is 0 Å². The van der Waals surface area contributed by atoms with Crippen LogP contribution in [0.3, 0.4) is 0 Å². The molecule has 1 aromatic rings. The maximum Gasteiger partial charge on any atom is 0.472 e. The van der Waals surface area contributed by atoms with Crippen molar-refractivity contribution < 1.29 is 33.5 Å². The standard InChI is InChI=1S/C10H13BrN5O7P/c11-9-13-3-6(14-10(12)15-7(3)18)16(9)8-4(17)5-2(22-8)1-21-24(19,20)23-5/h2,4-5,7-8,17-18H,1H2,(H,19,20)(H3,12,14,15)/t2-,4-,5-,7?,8?/m1/s1. The van der Waals surface area contributed by atoms with E-state index in [9.17, 15) is 19.7 Å². The molecule has 2 saturated heterocycles. The van der Waals surface area contributed by atoms with Crippen LogP contribution in [0.1, 0.15) is 18.1 Å². The molecule has 6 atom stereocenters. The lowest BCUT2D eigenvalue weighted by molar-refractivity contribution is -0.0674. The number of phosphoric ester groups is 1. The van der Waals surface area contributed by atoms with E-state index in [1.54, 1.807) is 0 Å². The molecular formula is C10H13BrN5O7P. The van der Waals surface area contributed by atoms with Crippen LogP contribution < -0.4 is 11.1 Å². The summed E-state index contributed by atoms with van der Waals surface area (Å²) in [4.78, 5) is 17.3. The van der Waals surface area contributed by atoms with Crippen molar-refractivity contribution in [2.45, 2.75) is 30.8 Å². The molecule has 12 nitrogen and oxygen atoms in total. The summed E-state index contributed by atoms with van der Waals surface area (Å²) >= 11 is 3.23. The molecule has 0 aromatic carbocycles. The number of guanidine groups is 1. The zero-order valence-electron chi connectivity index (χ0n) is 11.8. The molecule has 4 heterocycles. The number of anilines is 1. The minimum absolute atomic E-state index is 0.0343. The molecule has 1 aromatic heterocycles. The van der Waals surface area contributed by atoms with Crippen LogP contribution in [-0.2, 0) is 18.3 Å². The zero-order valence-corrected chi connectivity index (χ0v) is 14.3. The first-order chi connectivity index (χ1) is 11.3. The molecule has 3 unspecified atom stereocenters. The summed E-state index contributed by atoms with van der Waals surface area (Å²) in [6.45, 7) is -0.208. The number of aliphatic hydroxyl groups excluding tert-OH is 2. The van der Waals surface area contributed by atoms with Crippen LogP contribution in [0.5, 0.6) is 0 Å². The predicted molar refractivity (Wildman–Crippen MR) is 80.7 cm³/mol. The Balaban J connectivity index is 1.70. The fraction of sp³-hybridized carbons (Fsp3) is 0.600.